The van der Waals surface area contributed by atoms with E-state index in [0.29, 0.717) is 22.8 Å². The number of methoxy groups -OCH3 is 3. The van der Waals surface area contributed by atoms with Crippen molar-refractivity contribution in [3.05, 3.63) is 53.6 Å². The molecular weight excluding hydrogens is 364 g/mol. The summed E-state index contributed by atoms with van der Waals surface area (Å²) in [7, 11) is 4.45. The van der Waals surface area contributed by atoms with Crippen LogP contribution in [0.2, 0.25) is 0 Å². The van der Waals surface area contributed by atoms with E-state index in [1.54, 1.807) is 36.4 Å². The molecule has 1 saturated heterocycles. The van der Waals surface area contributed by atoms with Crippen LogP contribution in [0.5, 0.6) is 17.2 Å². The molecule has 0 radical (unpaired) electrons. The minimum absolute atomic E-state index is 0.203. The lowest BCUT2D eigenvalue weighted by Gasteiger charge is -2.26. The molecule has 0 spiro atoms. The molecule has 1 heterocycles. The van der Waals surface area contributed by atoms with Crippen LogP contribution in [0.3, 0.4) is 0 Å². The lowest BCUT2D eigenvalue weighted by molar-refractivity contribution is -0.122. The first-order valence-corrected chi connectivity index (χ1v) is 8.26. The highest BCUT2D eigenvalue weighted by Gasteiger charge is 2.37. The highest BCUT2D eigenvalue weighted by atomic mass is 16.5. The molecule has 1 aliphatic rings. The van der Waals surface area contributed by atoms with Gasteiger partial charge >= 0.3 is 6.03 Å². The van der Waals surface area contributed by atoms with Crippen LogP contribution in [0.4, 0.5) is 10.5 Å². The molecule has 0 aliphatic carbocycles. The third-order valence-corrected chi connectivity index (χ3v) is 4.15. The van der Waals surface area contributed by atoms with E-state index in [1.807, 2.05) is 0 Å². The van der Waals surface area contributed by atoms with Gasteiger partial charge in [0.05, 0.1) is 27.0 Å². The number of nitrogens with zero attached hydrogens (tertiary/aromatic N) is 1. The second-order valence-electron chi connectivity index (χ2n) is 5.77. The Morgan fingerprint density at radius 3 is 2.29 bits per heavy atom. The Hall–Kier alpha value is -3.81. The van der Waals surface area contributed by atoms with E-state index in [1.165, 1.54) is 33.5 Å². The van der Waals surface area contributed by atoms with Crippen LogP contribution in [-0.4, -0.2) is 39.2 Å². The molecule has 3 rings (SSSR count). The van der Waals surface area contributed by atoms with E-state index < -0.39 is 17.8 Å². The number of carbonyl (C=O) groups excluding carboxylic acids is 3. The summed E-state index contributed by atoms with van der Waals surface area (Å²) in [6.07, 6.45) is 1.37. The Balaban J connectivity index is 2.04. The molecule has 1 fully saturated rings. The summed E-state index contributed by atoms with van der Waals surface area (Å²) in [4.78, 5) is 38.4. The Kier molecular flexibility index (Phi) is 5.30. The zero-order valence-electron chi connectivity index (χ0n) is 15.5. The zero-order chi connectivity index (χ0) is 20.3. The summed E-state index contributed by atoms with van der Waals surface area (Å²) in [6.45, 7) is 0. The number of barbiturate groups is 1. The summed E-state index contributed by atoms with van der Waals surface area (Å²) in [5.41, 5.74) is 0.564. The zero-order valence-corrected chi connectivity index (χ0v) is 15.5. The van der Waals surface area contributed by atoms with Gasteiger partial charge in [-0.15, -0.1) is 0 Å². The van der Waals surface area contributed by atoms with Gasteiger partial charge in [0.25, 0.3) is 11.8 Å². The lowest BCUT2D eigenvalue weighted by atomic mass is 10.1. The van der Waals surface area contributed by atoms with Gasteiger partial charge < -0.3 is 14.2 Å². The van der Waals surface area contributed by atoms with Crippen molar-refractivity contribution in [2.45, 2.75) is 0 Å². The highest BCUT2D eigenvalue weighted by molar-refractivity contribution is 6.39. The van der Waals surface area contributed by atoms with E-state index in [0.717, 1.165) is 4.90 Å². The van der Waals surface area contributed by atoms with Gasteiger partial charge in [-0.25, -0.2) is 9.69 Å². The number of imide groups is 2. The molecule has 28 heavy (non-hydrogen) atoms. The quantitative estimate of drug-likeness (QED) is 0.630. The first-order valence-electron chi connectivity index (χ1n) is 8.26. The maximum Gasteiger partial charge on any atom is 0.335 e. The number of carbonyl (C=O) groups is 3. The van der Waals surface area contributed by atoms with Crippen LogP contribution in [0.1, 0.15) is 5.56 Å². The third kappa shape index (κ3) is 3.52. The van der Waals surface area contributed by atoms with Crippen LogP contribution < -0.4 is 24.4 Å². The van der Waals surface area contributed by atoms with Crippen LogP contribution in [0, 0.1) is 0 Å². The van der Waals surface area contributed by atoms with Crippen molar-refractivity contribution in [2.75, 3.05) is 26.2 Å². The number of urea groups is 1. The Bertz CT molecular complexity index is 982. The standard InChI is InChI=1S/C20H18N2O6/c1-26-14-6-4-5-13(10-14)22-19(24)16(18(23)21-20(22)25)9-12-7-8-15(27-2)11-17(12)28-3/h4-11H,1-3H3,(H,21,23,25). The van der Waals surface area contributed by atoms with Gasteiger partial charge in [-0.3, -0.25) is 14.9 Å². The molecule has 0 aromatic heterocycles. The first kappa shape index (κ1) is 19.0. The van der Waals surface area contributed by atoms with Crippen molar-refractivity contribution >= 4 is 29.6 Å². The summed E-state index contributed by atoms with van der Waals surface area (Å²) in [6, 6.07) is 10.5. The van der Waals surface area contributed by atoms with Crippen molar-refractivity contribution in [1.82, 2.24) is 5.32 Å². The number of hydrogen-bond donors (Lipinski definition) is 1. The highest BCUT2D eigenvalue weighted by Crippen LogP contribution is 2.29. The molecule has 8 nitrogen and oxygen atoms in total. The summed E-state index contributed by atoms with van der Waals surface area (Å²) < 4.78 is 15.6. The molecule has 0 bridgehead atoms. The van der Waals surface area contributed by atoms with Crippen molar-refractivity contribution in [2.24, 2.45) is 0 Å². The maximum absolute atomic E-state index is 12.9. The predicted octanol–water partition coefficient (Wildman–Crippen LogP) is 2.38. The first-order chi connectivity index (χ1) is 13.5. The molecule has 2 aromatic carbocycles. The van der Waals surface area contributed by atoms with Gasteiger partial charge in [-0.2, -0.15) is 0 Å². The summed E-state index contributed by atoms with van der Waals surface area (Å²) in [5.74, 6) is -0.0897. The third-order valence-electron chi connectivity index (χ3n) is 4.15. The number of amides is 4. The number of rotatable bonds is 5. The normalized spacial score (nSPS) is 15.5. The van der Waals surface area contributed by atoms with Crippen LogP contribution in [-0.2, 0) is 9.59 Å². The number of nitrogens with one attached hydrogen (secondary N) is 1. The number of ether oxygens (including phenoxy) is 3. The van der Waals surface area contributed by atoms with E-state index >= 15 is 0 Å². The molecule has 0 saturated carbocycles. The molecular formula is C20H18N2O6. The Labute approximate surface area is 161 Å². The van der Waals surface area contributed by atoms with Crippen LogP contribution in [0.25, 0.3) is 6.08 Å². The van der Waals surface area contributed by atoms with Gasteiger partial charge in [0.2, 0.25) is 0 Å². The number of anilines is 1. The van der Waals surface area contributed by atoms with Gasteiger partial charge in [0, 0.05) is 17.7 Å². The molecule has 2 aromatic rings. The fourth-order valence-electron chi connectivity index (χ4n) is 2.73. The fourth-order valence-corrected chi connectivity index (χ4v) is 2.73. The van der Waals surface area contributed by atoms with Gasteiger partial charge in [0.15, 0.2) is 0 Å². The second-order valence-corrected chi connectivity index (χ2v) is 5.77. The average molecular weight is 382 g/mol. The maximum atomic E-state index is 12.9. The van der Waals surface area contributed by atoms with Crippen molar-refractivity contribution in [1.29, 1.82) is 0 Å². The molecule has 0 atom stereocenters. The molecule has 8 heteroatoms. The minimum atomic E-state index is -0.831. The van der Waals surface area contributed by atoms with E-state index in [9.17, 15) is 14.4 Å². The van der Waals surface area contributed by atoms with E-state index in [2.05, 4.69) is 5.32 Å². The van der Waals surface area contributed by atoms with Crippen molar-refractivity contribution in [3.8, 4) is 17.2 Å². The molecule has 1 aliphatic heterocycles. The summed E-state index contributed by atoms with van der Waals surface area (Å²) >= 11 is 0. The van der Waals surface area contributed by atoms with Crippen molar-refractivity contribution < 1.29 is 28.6 Å². The largest absolute Gasteiger partial charge is 0.497 e. The summed E-state index contributed by atoms with van der Waals surface area (Å²) in [5, 5.41) is 2.18. The van der Waals surface area contributed by atoms with Crippen LogP contribution in [0.15, 0.2) is 48.0 Å². The second kappa shape index (κ2) is 7.83. The van der Waals surface area contributed by atoms with Gasteiger partial charge in [-0.1, -0.05) is 6.07 Å². The SMILES string of the molecule is COc1cccc(N2C(=O)NC(=O)C(=Cc3ccc(OC)cc3OC)C2=O)c1. The monoisotopic (exact) mass is 382 g/mol. The minimum Gasteiger partial charge on any atom is -0.497 e. The van der Waals surface area contributed by atoms with Crippen LogP contribution >= 0.6 is 0 Å². The Morgan fingerprint density at radius 1 is 0.893 bits per heavy atom. The smallest absolute Gasteiger partial charge is 0.335 e. The number of hydrogen-bond acceptors (Lipinski definition) is 6. The van der Waals surface area contributed by atoms with E-state index in [-0.39, 0.29) is 11.3 Å². The topological polar surface area (TPSA) is 94.2 Å². The lowest BCUT2D eigenvalue weighted by Crippen LogP contribution is -2.54. The Morgan fingerprint density at radius 2 is 1.61 bits per heavy atom. The fraction of sp³-hybridized carbons (Fsp3) is 0.150. The molecule has 0 unspecified atom stereocenters. The molecule has 144 valence electrons. The molecule has 4 amide bonds. The average Bonchev–Trinajstić information content (AvgIpc) is 2.71. The molecule has 1 N–H and O–H groups in total. The predicted molar refractivity (Wildman–Crippen MR) is 102 cm³/mol. The van der Waals surface area contributed by atoms with E-state index in [4.69, 9.17) is 14.2 Å². The van der Waals surface area contributed by atoms with Crippen molar-refractivity contribution in [3.63, 3.8) is 0 Å². The van der Waals surface area contributed by atoms with Gasteiger partial charge in [-0.05, 0) is 30.3 Å². The van der Waals surface area contributed by atoms with Gasteiger partial charge in [0.1, 0.15) is 22.8 Å². The number of benzene rings is 2.